The zero-order valence-electron chi connectivity index (χ0n) is 18.9. The Morgan fingerprint density at radius 2 is 1.97 bits per heavy atom. The number of amides is 1. The molecule has 7 nitrogen and oxygen atoms in total. The van der Waals surface area contributed by atoms with Gasteiger partial charge in [0.25, 0.3) is 0 Å². The first kappa shape index (κ1) is 21.2. The molecule has 0 spiro atoms. The topological polar surface area (TPSA) is 89.1 Å². The number of carbonyl (C=O) groups excluding carboxylic acids is 1. The van der Waals surface area contributed by atoms with Crippen molar-refractivity contribution < 1.29 is 27.4 Å². The lowest BCUT2D eigenvalue weighted by molar-refractivity contribution is -0.137. The van der Waals surface area contributed by atoms with Gasteiger partial charge in [-0.15, -0.1) is 0 Å². The number of hydrogen-bond donors (Lipinski definition) is 2. The molecular formula is C26H19F3N4O3. The van der Waals surface area contributed by atoms with Crippen molar-refractivity contribution in [2.24, 2.45) is 0 Å². The Morgan fingerprint density at radius 3 is 2.81 bits per heavy atom. The van der Waals surface area contributed by atoms with E-state index in [2.05, 4.69) is 20.3 Å². The standard InChI is InChI=1S/C26H19F3N4O3/c1-11-8-12(26(27,28)29)9-16-22(11)33-25(31-16)21-20-15-10-13(2-4-17(15)36-23(20)21)35-18-6-7-30-24-14(18)3-5-19(34)32-24/h2,4,6-10,20-21,23H,3,5H2,1H3,(H,31,33)(H,30,32,34). The van der Waals surface area contributed by atoms with Crippen LogP contribution in [0.4, 0.5) is 19.0 Å². The van der Waals surface area contributed by atoms with Crippen LogP contribution in [0.1, 0.15) is 46.3 Å². The van der Waals surface area contributed by atoms with Crippen LogP contribution in [0.5, 0.6) is 17.2 Å². The Labute approximate surface area is 202 Å². The molecule has 1 fully saturated rings. The number of anilines is 1. The van der Waals surface area contributed by atoms with Crippen molar-refractivity contribution in [3.8, 4) is 17.2 Å². The highest BCUT2D eigenvalue weighted by Gasteiger charge is 2.61. The van der Waals surface area contributed by atoms with Crippen LogP contribution in [0.2, 0.25) is 0 Å². The molecule has 3 atom stereocenters. The highest BCUT2D eigenvalue weighted by atomic mass is 19.4. The van der Waals surface area contributed by atoms with Gasteiger partial charge >= 0.3 is 6.18 Å². The highest BCUT2D eigenvalue weighted by molar-refractivity contribution is 5.93. The van der Waals surface area contributed by atoms with E-state index in [0.717, 1.165) is 29.0 Å². The molecule has 1 aliphatic carbocycles. The number of hydrogen-bond acceptors (Lipinski definition) is 5. The maximum atomic E-state index is 13.2. The normalized spacial score (nSPS) is 21.9. The molecule has 3 unspecified atom stereocenters. The monoisotopic (exact) mass is 492 g/mol. The fourth-order valence-corrected chi connectivity index (χ4v) is 5.34. The fraction of sp³-hybridized carbons (Fsp3) is 0.269. The second-order valence-electron chi connectivity index (χ2n) is 9.43. The lowest BCUT2D eigenvalue weighted by Gasteiger charge is -2.19. The molecule has 0 saturated heterocycles. The first-order valence-corrected chi connectivity index (χ1v) is 11.6. The molecule has 7 rings (SSSR count). The third kappa shape index (κ3) is 3.24. The van der Waals surface area contributed by atoms with Gasteiger partial charge in [-0.3, -0.25) is 4.79 Å². The van der Waals surface area contributed by atoms with Crippen LogP contribution in [0.15, 0.2) is 42.6 Å². The number of nitrogens with one attached hydrogen (secondary N) is 2. The number of carbonyl (C=O) groups is 1. The summed E-state index contributed by atoms with van der Waals surface area (Å²) in [5, 5.41) is 2.77. The Balaban J connectivity index is 1.17. The number of aryl methyl sites for hydroxylation is 1. The van der Waals surface area contributed by atoms with Gasteiger partial charge in [0.2, 0.25) is 5.91 Å². The van der Waals surface area contributed by atoms with Crippen LogP contribution >= 0.6 is 0 Å². The lowest BCUT2D eigenvalue weighted by atomic mass is 10.1. The van der Waals surface area contributed by atoms with Gasteiger partial charge in [0.1, 0.15) is 35.0 Å². The third-order valence-corrected chi connectivity index (χ3v) is 7.10. The summed E-state index contributed by atoms with van der Waals surface area (Å²) in [4.78, 5) is 23.6. The molecule has 4 aromatic rings. The smallest absolute Gasteiger partial charge is 0.416 e. The van der Waals surface area contributed by atoms with Crippen molar-refractivity contribution in [1.82, 2.24) is 15.0 Å². The van der Waals surface area contributed by atoms with Gasteiger partial charge < -0.3 is 19.8 Å². The Kier molecular flexibility index (Phi) is 4.26. The number of ether oxygens (including phenoxy) is 2. The molecule has 0 bridgehead atoms. The number of H-pyrrole nitrogens is 1. The summed E-state index contributed by atoms with van der Waals surface area (Å²) >= 11 is 0. The molecule has 182 valence electrons. The number of pyridine rings is 1. The van der Waals surface area contributed by atoms with E-state index in [-0.39, 0.29) is 23.8 Å². The summed E-state index contributed by atoms with van der Waals surface area (Å²) in [6.45, 7) is 1.63. The van der Waals surface area contributed by atoms with Crippen LogP contribution in [0.3, 0.4) is 0 Å². The molecule has 4 heterocycles. The SMILES string of the molecule is Cc1cc(C(F)(F)F)cc2[nH]c(C3C4Oc5ccc(Oc6ccnc7c6CCC(=O)N7)cc5C43)nc12. The minimum atomic E-state index is -4.42. The summed E-state index contributed by atoms with van der Waals surface area (Å²) in [6.07, 6.45) is -2.02. The van der Waals surface area contributed by atoms with Crippen molar-refractivity contribution >= 4 is 22.8 Å². The Hall–Kier alpha value is -4.08. The Bertz CT molecular complexity index is 1580. The molecule has 2 aliphatic heterocycles. The van der Waals surface area contributed by atoms with E-state index in [1.165, 1.54) is 0 Å². The molecule has 2 aromatic carbocycles. The molecule has 2 aromatic heterocycles. The summed E-state index contributed by atoms with van der Waals surface area (Å²) < 4.78 is 52.0. The zero-order chi connectivity index (χ0) is 24.8. The van der Waals surface area contributed by atoms with Gasteiger partial charge in [0.15, 0.2) is 0 Å². The van der Waals surface area contributed by atoms with E-state index < -0.39 is 11.7 Å². The van der Waals surface area contributed by atoms with Gasteiger partial charge in [-0.1, -0.05) is 0 Å². The second kappa shape index (κ2) is 7.22. The van der Waals surface area contributed by atoms with Crippen LogP contribution < -0.4 is 14.8 Å². The summed E-state index contributed by atoms with van der Waals surface area (Å²) in [6, 6.07) is 9.63. The average molecular weight is 492 g/mol. The number of aromatic amines is 1. The first-order valence-electron chi connectivity index (χ1n) is 11.6. The lowest BCUT2D eigenvalue weighted by Crippen LogP contribution is -2.20. The molecule has 1 amide bonds. The van der Waals surface area contributed by atoms with Gasteiger partial charge in [0.05, 0.1) is 22.5 Å². The quantitative estimate of drug-likeness (QED) is 0.389. The number of nitrogens with zero attached hydrogens (tertiary/aromatic N) is 2. The van der Waals surface area contributed by atoms with Crippen molar-refractivity contribution in [2.75, 3.05) is 5.32 Å². The first-order chi connectivity index (χ1) is 17.3. The van der Waals surface area contributed by atoms with Gasteiger partial charge in [-0.2, -0.15) is 13.2 Å². The van der Waals surface area contributed by atoms with E-state index in [4.69, 9.17) is 9.47 Å². The predicted octanol–water partition coefficient (Wildman–Crippen LogP) is 5.60. The van der Waals surface area contributed by atoms with Gasteiger partial charge in [0, 0.05) is 29.7 Å². The van der Waals surface area contributed by atoms with Crippen LogP contribution in [0.25, 0.3) is 11.0 Å². The van der Waals surface area contributed by atoms with E-state index in [9.17, 15) is 18.0 Å². The van der Waals surface area contributed by atoms with E-state index in [1.807, 2.05) is 18.2 Å². The molecule has 3 aliphatic rings. The van der Waals surface area contributed by atoms with E-state index in [1.54, 1.807) is 19.2 Å². The number of imidazole rings is 1. The molecule has 1 saturated carbocycles. The fourth-order valence-electron chi connectivity index (χ4n) is 5.34. The number of halogens is 3. The minimum Gasteiger partial charge on any atom is -0.489 e. The van der Waals surface area contributed by atoms with Crippen LogP contribution in [0, 0.1) is 6.92 Å². The van der Waals surface area contributed by atoms with Gasteiger partial charge in [-0.05, 0) is 55.3 Å². The highest BCUT2D eigenvalue weighted by Crippen LogP contribution is 2.63. The maximum absolute atomic E-state index is 13.2. The number of rotatable bonds is 3. The molecule has 10 heteroatoms. The van der Waals surface area contributed by atoms with Crippen molar-refractivity contribution in [1.29, 1.82) is 0 Å². The summed E-state index contributed by atoms with van der Waals surface area (Å²) in [5.41, 5.74) is 2.52. The Morgan fingerprint density at radius 1 is 1.11 bits per heavy atom. The van der Waals surface area contributed by atoms with Gasteiger partial charge in [-0.25, -0.2) is 9.97 Å². The predicted molar refractivity (Wildman–Crippen MR) is 123 cm³/mol. The van der Waals surface area contributed by atoms with E-state index >= 15 is 0 Å². The largest absolute Gasteiger partial charge is 0.489 e. The number of benzene rings is 2. The molecule has 2 N–H and O–H groups in total. The van der Waals surface area contributed by atoms with Crippen molar-refractivity contribution in [3.05, 3.63) is 70.7 Å². The second-order valence-corrected chi connectivity index (χ2v) is 9.43. The third-order valence-electron chi connectivity index (χ3n) is 7.10. The number of aromatic nitrogens is 3. The van der Waals surface area contributed by atoms with Crippen molar-refractivity contribution in [2.45, 2.75) is 43.9 Å². The van der Waals surface area contributed by atoms with Crippen LogP contribution in [-0.4, -0.2) is 27.0 Å². The van der Waals surface area contributed by atoms with Crippen LogP contribution in [-0.2, 0) is 17.4 Å². The van der Waals surface area contributed by atoms with Crippen molar-refractivity contribution in [3.63, 3.8) is 0 Å². The summed E-state index contributed by atoms with van der Waals surface area (Å²) in [5.74, 6) is 3.07. The zero-order valence-corrected chi connectivity index (χ0v) is 18.9. The molecular weight excluding hydrogens is 473 g/mol. The average Bonchev–Trinajstić information content (AvgIpc) is 3.17. The molecule has 0 radical (unpaired) electrons. The molecule has 36 heavy (non-hydrogen) atoms. The summed E-state index contributed by atoms with van der Waals surface area (Å²) in [7, 11) is 0. The maximum Gasteiger partial charge on any atom is 0.416 e. The number of alkyl halides is 3. The van der Waals surface area contributed by atoms with E-state index in [0.29, 0.717) is 52.6 Å². The minimum absolute atomic E-state index is 0.0390. The number of fused-ring (bicyclic) bond motifs is 5.